The predicted octanol–water partition coefficient (Wildman–Crippen LogP) is 4.33. The van der Waals surface area contributed by atoms with Crippen molar-refractivity contribution in [3.63, 3.8) is 0 Å². The highest BCUT2D eigenvalue weighted by Crippen LogP contribution is 2.27. The van der Waals surface area contributed by atoms with Crippen molar-refractivity contribution in [3.8, 4) is 0 Å². The molecule has 0 saturated heterocycles. The van der Waals surface area contributed by atoms with E-state index in [1.807, 2.05) is 13.8 Å². The molecular formula is C14H29NO2Si2. The minimum atomic E-state index is -1.49. The largest absolute Gasteiger partial charge is 0.426 e. The molecule has 0 saturated carbocycles. The molecule has 0 spiro atoms. The Hall–Kier alpha value is -0.816. The monoisotopic (exact) mass is 299 g/mol. The van der Waals surface area contributed by atoms with Gasteiger partial charge in [0.15, 0.2) is 0 Å². The lowest BCUT2D eigenvalue weighted by molar-refractivity contribution is -0.133. The Balaban J connectivity index is 5.41. The lowest BCUT2D eigenvalue weighted by atomic mass is 10.4. The summed E-state index contributed by atoms with van der Waals surface area (Å²) in [6.07, 6.45) is 3.14. The van der Waals surface area contributed by atoms with Crippen LogP contribution in [0.15, 0.2) is 23.6 Å². The zero-order valence-electron chi connectivity index (χ0n) is 13.9. The van der Waals surface area contributed by atoms with Crippen molar-refractivity contribution in [1.29, 1.82) is 0 Å². The van der Waals surface area contributed by atoms with Gasteiger partial charge in [0.25, 0.3) is 0 Å². The molecule has 0 unspecified atom stereocenters. The summed E-state index contributed by atoms with van der Waals surface area (Å²) in [5.41, 5.74) is 1.11. The maximum atomic E-state index is 11.5. The molecule has 0 rings (SSSR count). The Kier molecular flexibility index (Phi) is 6.28. The average molecular weight is 300 g/mol. The van der Waals surface area contributed by atoms with Crippen molar-refractivity contribution in [2.45, 2.75) is 60.1 Å². The second kappa shape index (κ2) is 6.56. The van der Waals surface area contributed by atoms with Crippen LogP contribution in [-0.2, 0) is 9.53 Å². The Morgan fingerprint density at radius 3 is 1.74 bits per heavy atom. The summed E-state index contributed by atoms with van der Waals surface area (Å²) in [5, 5.41) is 0. The SMILES string of the molecule is C/C=C/C(=O)O/C(C)=C(/C)N([Si](C)(C)C)[Si](C)(C)C. The molecule has 0 aromatic rings. The van der Waals surface area contributed by atoms with Crippen LogP contribution in [0.25, 0.3) is 0 Å². The van der Waals surface area contributed by atoms with Crippen molar-refractivity contribution in [3.05, 3.63) is 23.6 Å². The molecule has 0 aliphatic carbocycles. The minimum Gasteiger partial charge on any atom is -0.426 e. The fourth-order valence-electron chi connectivity index (χ4n) is 2.56. The fraction of sp³-hybridized carbons (Fsp3) is 0.643. The molecule has 19 heavy (non-hydrogen) atoms. The highest BCUT2D eigenvalue weighted by Gasteiger charge is 2.35. The van der Waals surface area contributed by atoms with Crippen molar-refractivity contribution in [2.24, 2.45) is 0 Å². The molecule has 110 valence electrons. The van der Waals surface area contributed by atoms with Gasteiger partial charge in [-0.2, -0.15) is 0 Å². The van der Waals surface area contributed by atoms with E-state index in [0.717, 1.165) is 5.70 Å². The van der Waals surface area contributed by atoms with Gasteiger partial charge in [-0.05, 0) is 20.8 Å². The molecule has 0 aromatic heterocycles. The normalized spacial score (nSPS) is 14.4. The molecular weight excluding hydrogens is 270 g/mol. The third-order valence-corrected chi connectivity index (χ3v) is 10.1. The van der Waals surface area contributed by atoms with E-state index < -0.39 is 16.5 Å². The van der Waals surface area contributed by atoms with Gasteiger partial charge in [-0.1, -0.05) is 45.4 Å². The van der Waals surface area contributed by atoms with E-state index in [2.05, 4.69) is 50.4 Å². The van der Waals surface area contributed by atoms with Crippen LogP contribution >= 0.6 is 0 Å². The zero-order valence-corrected chi connectivity index (χ0v) is 15.9. The Morgan fingerprint density at radius 1 is 1.00 bits per heavy atom. The zero-order chi connectivity index (χ0) is 15.4. The van der Waals surface area contributed by atoms with Gasteiger partial charge in [-0.15, -0.1) is 0 Å². The van der Waals surface area contributed by atoms with Gasteiger partial charge in [-0.25, -0.2) is 4.79 Å². The van der Waals surface area contributed by atoms with Gasteiger partial charge in [0, 0.05) is 11.8 Å². The van der Waals surface area contributed by atoms with E-state index in [1.54, 1.807) is 6.08 Å². The molecule has 5 heteroatoms. The highest BCUT2D eigenvalue weighted by molar-refractivity contribution is 6.90. The van der Waals surface area contributed by atoms with E-state index in [4.69, 9.17) is 4.74 Å². The molecule has 0 aliphatic rings. The van der Waals surface area contributed by atoms with Crippen LogP contribution < -0.4 is 0 Å². The van der Waals surface area contributed by atoms with E-state index in [0.29, 0.717) is 5.76 Å². The van der Waals surface area contributed by atoms with Crippen molar-refractivity contribution in [2.75, 3.05) is 0 Å². The number of esters is 1. The molecule has 0 N–H and O–H groups in total. The van der Waals surface area contributed by atoms with Gasteiger partial charge in [-0.3, -0.25) is 0 Å². The van der Waals surface area contributed by atoms with Crippen molar-refractivity contribution in [1.82, 2.24) is 4.23 Å². The summed E-state index contributed by atoms with van der Waals surface area (Å²) < 4.78 is 7.93. The van der Waals surface area contributed by atoms with Crippen LogP contribution in [0, 0.1) is 0 Å². The maximum Gasteiger partial charge on any atom is 0.335 e. The number of carbonyl (C=O) groups excluding carboxylic acids is 1. The van der Waals surface area contributed by atoms with Crippen LogP contribution in [0.1, 0.15) is 20.8 Å². The van der Waals surface area contributed by atoms with Crippen LogP contribution in [-0.4, -0.2) is 26.7 Å². The first-order valence-electron chi connectivity index (χ1n) is 6.73. The third-order valence-electron chi connectivity index (χ3n) is 2.74. The fourth-order valence-corrected chi connectivity index (χ4v) is 12.9. The molecule has 0 amide bonds. The lowest BCUT2D eigenvalue weighted by Crippen LogP contribution is -2.58. The second-order valence-electron chi connectivity index (χ2n) is 6.74. The topological polar surface area (TPSA) is 29.5 Å². The van der Waals surface area contributed by atoms with E-state index in [-0.39, 0.29) is 5.97 Å². The lowest BCUT2D eigenvalue weighted by Gasteiger charge is -2.46. The van der Waals surface area contributed by atoms with E-state index >= 15 is 0 Å². The van der Waals surface area contributed by atoms with Gasteiger partial charge >= 0.3 is 5.97 Å². The molecule has 0 heterocycles. The Bertz CT molecular complexity index is 373. The second-order valence-corrected chi connectivity index (χ2v) is 16.8. The van der Waals surface area contributed by atoms with Crippen LogP contribution in [0.5, 0.6) is 0 Å². The molecule has 3 nitrogen and oxygen atoms in total. The first-order chi connectivity index (χ1) is 8.41. The quantitative estimate of drug-likeness (QED) is 0.327. The van der Waals surface area contributed by atoms with Crippen LogP contribution in [0.4, 0.5) is 0 Å². The molecule has 0 atom stereocenters. The van der Waals surface area contributed by atoms with Crippen molar-refractivity contribution < 1.29 is 9.53 Å². The number of hydrogen-bond acceptors (Lipinski definition) is 3. The maximum absolute atomic E-state index is 11.5. The average Bonchev–Trinajstić information content (AvgIpc) is 2.12. The standard InChI is InChI=1S/C14H29NO2Si2/c1-10-11-14(16)17-13(3)12(2)15(18(4,5)6)19(7,8)9/h10-11H,1-9H3/b11-10+,13-12-. The van der Waals surface area contributed by atoms with Crippen LogP contribution in [0.2, 0.25) is 39.3 Å². The smallest absolute Gasteiger partial charge is 0.335 e. The molecule has 0 fully saturated rings. The summed E-state index contributed by atoms with van der Waals surface area (Å²) >= 11 is 0. The van der Waals surface area contributed by atoms with E-state index in [1.165, 1.54) is 6.08 Å². The summed E-state index contributed by atoms with van der Waals surface area (Å²) in [7, 11) is -2.98. The summed E-state index contributed by atoms with van der Waals surface area (Å²) in [6.45, 7) is 19.7. The molecule has 0 aromatic carbocycles. The summed E-state index contributed by atoms with van der Waals surface area (Å²) in [4.78, 5) is 11.5. The first-order valence-corrected chi connectivity index (χ1v) is 13.6. The van der Waals surface area contributed by atoms with Gasteiger partial charge in [0.2, 0.25) is 0 Å². The highest BCUT2D eigenvalue weighted by atomic mass is 28.4. The number of allylic oxidation sites excluding steroid dienone is 3. The Morgan fingerprint density at radius 2 is 1.42 bits per heavy atom. The Labute approximate surface area is 120 Å². The van der Waals surface area contributed by atoms with Crippen LogP contribution in [0.3, 0.4) is 0 Å². The van der Waals surface area contributed by atoms with Gasteiger partial charge in [0.05, 0.1) is 0 Å². The minimum absolute atomic E-state index is 0.301. The first kappa shape index (κ1) is 18.2. The molecule has 0 radical (unpaired) electrons. The van der Waals surface area contributed by atoms with Gasteiger partial charge in [0.1, 0.15) is 22.2 Å². The van der Waals surface area contributed by atoms with Crippen molar-refractivity contribution >= 4 is 22.4 Å². The number of hydrogen-bond donors (Lipinski definition) is 0. The number of carbonyl (C=O) groups is 1. The number of rotatable bonds is 5. The predicted molar refractivity (Wildman–Crippen MR) is 87.8 cm³/mol. The summed E-state index contributed by atoms with van der Waals surface area (Å²) in [5.74, 6) is 0.415. The van der Waals surface area contributed by atoms with Gasteiger partial charge < -0.3 is 8.97 Å². The third kappa shape index (κ3) is 5.78. The molecule has 0 bridgehead atoms. The van der Waals surface area contributed by atoms with E-state index in [9.17, 15) is 4.79 Å². The molecule has 0 aliphatic heterocycles. The number of nitrogens with zero attached hydrogens (tertiary/aromatic N) is 1. The number of ether oxygens (including phenoxy) is 1. The summed E-state index contributed by atoms with van der Waals surface area (Å²) in [6, 6.07) is 0.